The minimum atomic E-state index is -3.53. The smallest absolute Gasteiger partial charge is 0.255 e. The number of aryl methyl sites for hydroxylation is 1. The van der Waals surface area contributed by atoms with E-state index in [1.54, 1.807) is 22.6 Å². The van der Waals surface area contributed by atoms with Gasteiger partial charge in [-0.3, -0.25) is 0 Å². The first kappa shape index (κ1) is 14.0. The number of hydrogen-bond donors (Lipinski definition) is 1. The van der Waals surface area contributed by atoms with E-state index in [0.717, 1.165) is 23.3 Å². The van der Waals surface area contributed by atoms with E-state index >= 15 is 0 Å². The molecule has 1 atom stereocenters. The Hall–Kier alpha value is -0.960. The second kappa shape index (κ2) is 4.80. The fourth-order valence-corrected chi connectivity index (χ4v) is 6.55. The molecular weight excluding hydrogens is 314 g/mol. The second-order valence-corrected chi connectivity index (χ2v) is 8.88. The first-order valence-corrected chi connectivity index (χ1v) is 9.36. The first-order valence-electron chi connectivity index (χ1n) is 6.22. The van der Waals surface area contributed by atoms with E-state index in [1.807, 2.05) is 18.4 Å². The lowest BCUT2D eigenvalue weighted by atomic mass is 10.0. The third-order valence-corrected chi connectivity index (χ3v) is 8.07. The number of aromatic nitrogens is 1. The highest BCUT2D eigenvalue weighted by molar-refractivity contribution is 7.91. The molecule has 5 nitrogen and oxygen atoms in total. The molecule has 1 aliphatic heterocycles. The van der Waals surface area contributed by atoms with Crippen molar-refractivity contribution < 1.29 is 8.42 Å². The highest BCUT2D eigenvalue weighted by Crippen LogP contribution is 2.38. The van der Waals surface area contributed by atoms with Gasteiger partial charge in [-0.2, -0.15) is 4.31 Å². The molecule has 1 unspecified atom stereocenters. The van der Waals surface area contributed by atoms with E-state index in [-0.39, 0.29) is 10.3 Å². The molecular formula is C12H15N3O2S3. The fourth-order valence-electron chi connectivity index (χ4n) is 2.56. The van der Waals surface area contributed by atoms with Crippen LogP contribution in [0.4, 0.5) is 5.13 Å². The molecule has 2 aromatic rings. The van der Waals surface area contributed by atoms with Crippen LogP contribution in [0.5, 0.6) is 0 Å². The predicted molar refractivity (Wildman–Crippen MR) is 81.6 cm³/mol. The summed E-state index contributed by atoms with van der Waals surface area (Å²) >= 11 is 2.73. The summed E-state index contributed by atoms with van der Waals surface area (Å²) in [6.45, 7) is 4.13. The van der Waals surface area contributed by atoms with Crippen molar-refractivity contribution in [3.8, 4) is 0 Å². The van der Waals surface area contributed by atoms with Crippen LogP contribution in [-0.4, -0.2) is 24.3 Å². The Bertz CT molecular complexity index is 748. The van der Waals surface area contributed by atoms with Gasteiger partial charge in [-0.25, -0.2) is 13.4 Å². The standard InChI is InChI=1S/C12H15N3O2S3/c1-7-11(19-12(13)14-7)20(16,17)15-5-3-10-9(8(15)2)4-6-18-10/h4,6,8H,3,5H2,1-2H3,(H2,13,14). The van der Waals surface area contributed by atoms with Gasteiger partial charge in [0.05, 0.1) is 5.69 Å². The Morgan fingerprint density at radius 2 is 2.25 bits per heavy atom. The number of nitrogen functional groups attached to an aromatic ring is 1. The summed E-state index contributed by atoms with van der Waals surface area (Å²) < 4.78 is 27.4. The quantitative estimate of drug-likeness (QED) is 0.918. The zero-order valence-electron chi connectivity index (χ0n) is 11.2. The molecule has 20 heavy (non-hydrogen) atoms. The molecule has 0 saturated heterocycles. The molecule has 108 valence electrons. The molecule has 0 amide bonds. The molecule has 8 heteroatoms. The van der Waals surface area contributed by atoms with Crippen molar-refractivity contribution >= 4 is 37.8 Å². The number of anilines is 1. The normalized spacial score (nSPS) is 20.0. The van der Waals surface area contributed by atoms with Crippen LogP contribution in [0.3, 0.4) is 0 Å². The summed E-state index contributed by atoms with van der Waals surface area (Å²) in [5.41, 5.74) is 7.22. The van der Waals surface area contributed by atoms with E-state index in [9.17, 15) is 8.42 Å². The lowest BCUT2D eigenvalue weighted by Crippen LogP contribution is -2.38. The molecule has 0 spiro atoms. The predicted octanol–water partition coefficient (Wildman–Crippen LogP) is 2.40. The van der Waals surface area contributed by atoms with Gasteiger partial charge in [0.2, 0.25) is 0 Å². The van der Waals surface area contributed by atoms with Gasteiger partial charge in [0.1, 0.15) is 0 Å². The number of fused-ring (bicyclic) bond motifs is 1. The van der Waals surface area contributed by atoms with Crippen LogP contribution in [0.1, 0.15) is 29.1 Å². The number of thiazole rings is 1. The summed E-state index contributed by atoms with van der Waals surface area (Å²) in [5, 5.41) is 2.31. The van der Waals surface area contributed by atoms with Gasteiger partial charge in [0, 0.05) is 17.5 Å². The van der Waals surface area contributed by atoms with Crippen LogP contribution < -0.4 is 5.73 Å². The molecule has 2 N–H and O–H groups in total. The molecule has 0 aliphatic carbocycles. The van der Waals surface area contributed by atoms with Crippen molar-refractivity contribution in [3.63, 3.8) is 0 Å². The van der Waals surface area contributed by atoms with Crippen LogP contribution in [0.25, 0.3) is 0 Å². The van der Waals surface area contributed by atoms with Crippen molar-refractivity contribution in [3.05, 3.63) is 27.6 Å². The van der Waals surface area contributed by atoms with Gasteiger partial charge in [-0.15, -0.1) is 11.3 Å². The zero-order chi connectivity index (χ0) is 14.5. The van der Waals surface area contributed by atoms with Gasteiger partial charge >= 0.3 is 0 Å². The second-order valence-electron chi connectivity index (χ2n) is 4.77. The van der Waals surface area contributed by atoms with E-state index in [1.165, 1.54) is 4.88 Å². The molecule has 2 aromatic heterocycles. The van der Waals surface area contributed by atoms with Crippen molar-refractivity contribution in [1.29, 1.82) is 0 Å². The summed E-state index contributed by atoms with van der Waals surface area (Å²) in [5.74, 6) is 0. The largest absolute Gasteiger partial charge is 0.375 e. The lowest BCUT2D eigenvalue weighted by molar-refractivity contribution is 0.330. The van der Waals surface area contributed by atoms with Crippen molar-refractivity contribution in [2.75, 3.05) is 12.3 Å². The number of nitrogens with zero attached hydrogens (tertiary/aromatic N) is 2. The Morgan fingerprint density at radius 1 is 1.50 bits per heavy atom. The zero-order valence-corrected chi connectivity index (χ0v) is 13.6. The number of sulfonamides is 1. The van der Waals surface area contributed by atoms with Gasteiger partial charge in [-0.1, -0.05) is 11.3 Å². The summed E-state index contributed by atoms with van der Waals surface area (Å²) in [6.07, 6.45) is 0.768. The maximum absolute atomic E-state index is 12.8. The highest BCUT2D eigenvalue weighted by Gasteiger charge is 2.36. The Labute approximate surface area is 126 Å². The Kier molecular flexibility index (Phi) is 3.36. The number of thiophene rings is 1. The van der Waals surface area contributed by atoms with E-state index in [2.05, 4.69) is 4.98 Å². The monoisotopic (exact) mass is 329 g/mol. The minimum Gasteiger partial charge on any atom is -0.375 e. The summed E-state index contributed by atoms with van der Waals surface area (Å²) in [6, 6.07) is 1.87. The minimum absolute atomic E-state index is 0.141. The van der Waals surface area contributed by atoms with Gasteiger partial charge in [0.15, 0.2) is 9.34 Å². The highest BCUT2D eigenvalue weighted by atomic mass is 32.2. The van der Waals surface area contributed by atoms with E-state index < -0.39 is 10.0 Å². The fraction of sp³-hybridized carbons (Fsp3) is 0.417. The van der Waals surface area contributed by atoms with Gasteiger partial charge in [-0.05, 0) is 37.3 Å². The third kappa shape index (κ3) is 2.07. The molecule has 3 rings (SSSR count). The molecule has 0 fully saturated rings. The van der Waals surface area contributed by atoms with Crippen LogP contribution in [0.2, 0.25) is 0 Å². The average molecular weight is 329 g/mol. The topological polar surface area (TPSA) is 76.3 Å². The van der Waals surface area contributed by atoms with Crippen molar-refractivity contribution in [2.24, 2.45) is 0 Å². The SMILES string of the molecule is Cc1nc(N)sc1S(=O)(=O)N1CCc2sccc2C1C. The van der Waals surface area contributed by atoms with Crippen LogP contribution in [0.15, 0.2) is 15.7 Å². The molecule has 0 saturated carbocycles. The summed E-state index contributed by atoms with van der Waals surface area (Å²) in [7, 11) is -3.53. The third-order valence-electron chi connectivity index (χ3n) is 3.53. The van der Waals surface area contributed by atoms with Crippen molar-refractivity contribution in [2.45, 2.75) is 30.5 Å². The molecule has 0 radical (unpaired) electrons. The first-order chi connectivity index (χ1) is 9.41. The number of rotatable bonds is 2. The summed E-state index contributed by atoms with van der Waals surface area (Å²) in [4.78, 5) is 5.31. The average Bonchev–Trinajstić information content (AvgIpc) is 2.96. The maximum Gasteiger partial charge on any atom is 0.255 e. The number of hydrogen-bond acceptors (Lipinski definition) is 6. The number of nitrogens with two attached hydrogens (primary N) is 1. The van der Waals surface area contributed by atoms with Gasteiger partial charge in [0.25, 0.3) is 10.0 Å². The van der Waals surface area contributed by atoms with Crippen molar-refractivity contribution in [1.82, 2.24) is 9.29 Å². The van der Waals surface area contributed by atoms with E-state index in [0.29, 0.717) is 17.4 Å². The molecule has 0 bridgehead atoms. The lowest BCUT2D eigenvalue weighted by Gasteiger charge is -2.32. The van der Waals surface area contributed by atoms with Crippen LogP contribution >= 0.6 is 22.7 Å². The Morgan fingerprint density at radius 3 is 2.90 bits per heavy atom. The molecule has 3 heterocycles. The van der Waals surface area contributed by atoms with Crippen LogP contribution in [-0.2, 0) is 16.4 Å². The molecule has 0 aromatic carbocycles. The molecule has 1 aliphatic rings. The van der Waals surface area contributed by atoms with Gasteiger partial charge < -0.3 is 5.73 Å². The maximum atomic E-state index is 12.8. The van der Waals surface area contributed by atoms with E-state index in [4.69, 9.17) is 5.73 Å². The van der Waals surface area contributed by atoms with Crippen LogP contribution in [0, 0.1) is 6.92 Å². The Balaban J connectivity index is 2.03.